The van der Waals surface area contributed by atoms with Gasteiger partial charge in [-0.05, 0) is 29.8 Å². The standard InChI is InChI=1S/C13H8Cl3NO2/c14-8-1-7(2-9(15)3-8)11-4-10(16)6-17-12(11)5-13(18)19/h1-4,6H,5H2,(H,18,19). The number of aliphatic carboxylic acids is 1. The molecule has 3 nitrogen and oxygen atoms in total. The van der Waals surface area contributed by atoms with E-state index in [1.807, 2.05) is 0 Å². The number of carboxylic acids is 1. The predicted octanol–water partition coefficient (Wildman–Crippen LogP) is 4.34. The summed E-state index contributed by atoms with van der Waals surface area (Å²) < 4.78 is 0. The zero-order valence-corrected chi connectivity index (χ0v) is 11.8. The second-order valence-electron chi connectivity index (χ2n) is 3.88. The van der Waals surface area contributed by atoms with Crippen molar-refractivity contribution >= 4 is 40.8 Å². The van der Waals surface area contributed by atoms with Crippen LogP contribution in [-0.2, 0) is 11.2 Å². The highest BCUT2D eigenvalue weighted by atomic mass is 35.5. The van der Waals surface area contributed by atoms with Gasteiger partial charge in [0.1, 0.15) is 0 Å². The van der Waals surface area contributed by atoms with Crippen LogP contribution >= 0.6 is 34.8 Å². The van der Waals surface area contributed by atoms with Crippen LogP contribution in [0.5, 0.6) is 0 Å². The summed E-state index contributed by atoms with van der Waals surface area (Å²) in [6, 6.07) is 6.62. The third kappa shape index (κ3) is 3.60. The van der Waals surface area contributed by atoms with Crippen molar-refractivity contribution in [2.45, 2.75) is 6.42 Å². The van der Waals surface area contributed by atoms with Gasteiger partial charge >= 0.3 is 5.97 Å². The van der Waals surface area contributed by atoms with Crippen LogP contribution in [0.15, 0.2) is 30.5 Å². The first-order valence-corrected chi connectivity index (χ1v) is 6.42. The van der Waals surface area contributed by atoms with Crippen LogP contribution in [-0.4, -0.2) is 16.1 Å². The largest absolute Gasteiger partial charge is 0.481 e. The molecule has 1 aromatic heterocycles. The number of benzene rings is 1. The molecule has 0 fully saturated rings. The fourth-order valence-electron chi connectivity index (χ4n) is 1.71. The Hall–Kier alpha value is -1.29. The van der Waals surface area contributed by atoms with E-state index in [1.54, 1.807) is 24.3 Å². The molecular weight excluding hydrogens is 309 g/mol. The molecule has 0 atom stereocenters. The Labute approximate surface area is 124 Å². The van der Waals surface area contributed by atoms with E-state index in [0.29, 0.717) is 31.9 Å². The molecule has 0 radical (unpaired) electrons. The first-order valence-electron chi connectivity index (χ1n) is 5.28. The molecule has 0 aliphatic carbocycles. The minimum atomic E-state index is -0.968. The lowest BCUT2D eigenvalue weighted by Gasteiger charge is -2.09. The molecule has 98 valence electrons. The quantitative estimate of drug-likeness (QED) is 0.916. The number of hydrogen-bond acceptors (Lipinski definition) is 2. The molecule has 1 aromatic carbocycles. The summed E-state index contributed by atoms with van der Waals surface area (Å²) in [4.78, 5) is 14.9. The lowest BCUT2D eigenvalue weighted by molar-refractivity contribution is -0.136. The molecule has 19 heavy (non-hydrogen) atoms. The van der Waals surface area contributed by atoms with Crippen LogP contribution in [0.1, 0.15) is 5.69 Å². The van der Waals surface area contributed by atoms with E-state index in [9.17, 15) is 4.79 Å². The van der Waals surface area contributed by atoms with Crippen LogP contribution < -0.4 is 0 Å². The second-order valence-corrected chi connectivity index (χ2v) is 5.19. The smallest absolute Gasteiger partial charge is 0.309 e. The molecule has 0 aliphatic rings. The third-order valence-corrected chi connectivity index (χ3v) is 3.07. The van der Waals surface area contributed by atoms with Gasteiger partial charge in [-0.25, -0.2) is 0 Å². The lowest BCUT2D eigenvalue weighted by atomic mass is 10.0. The molecule has 0 spiro atoms. The number of hydrogen-bond donors (Lipinski definition) is 1. The average molecular weight is 317 g/mol. The van der Waals surface area contributed by atoms with Gasteiger partial charge in [-0.3, -0.25) is 9.78 Å². The first-order chi connectivity index (χ1) is 8.95. The summed E-state index contributed by atoms with van der Waals surface area (Å²) in [5.41, 5.74) is 1.71. The van der Waals surface area contributed by atoms with Crippen LogP contribution in [0.3, 0.4) is 0 Å². The van der Waals surface area contributed by atoms with E-state index >= 15 is 0 Å². The summed E-state index contributed by atoms with van der Waals surface area (Å²) in [7, 11) is 0. The number of aromatic nitrogens is 1. The van der Waals surface area contributed by atoms with E-state index < -0.39 is 5.97 Å². The maximum Gasteiger partial charge on any atom is 0.309 e. The molecule has 0 unspecified atom stereocenters. The number of carboxylic acid groups (broad SMARTS) is 1. The minimum Gasteiger partial charge on any atom is -0.481 e. The Balaban J connectivity index is 2.58. The van der Waals surface area contributed by atoms with Crippen molar-refractivity contribution < 1.29 is 9.90 Å². The third-order valence-electron chi connectivity index (χ3n) is 2.43. The van der Waals surface area contributed by atoms with Crippen molar-refractivity contribution in [1.29, 1.82) is 0 Å². The summed E-state index contributed by atoms with van der Waals surface area (Å²) in [5, 5.41) is 10.2. The Bertz CT molecular complexity index is 624. The van der Waals surface area contributed by atoms with Crippen LogP contribution in [0, 0.1) is 0 Å². The molecule has 0 aliphatic heterocycles. The Kier molecular flexibility index (Phi) is 4.30. The highest BCUT2D eigenvalue weighted by Gasteiger charge is 2.12. The highest BCUT2D eigenvalue weighted by molar-refractivity contribution is 6.35. The monoisotopic (exact) mass is 315 g/mol. The maximum atomic E-state index is 10.8. The van der Waals surface area contributed by atoms with Crippen molar-refractivity contribution in [3.8, 4) is 11.1 Å². The van der Waals surface area contributed by atoms with Crippen LogP contribution in [0.4, 0.5) is 0 Å². The number of rotatable bonds is 3. The normalized spacial score (nSPS) is 10.5. The van der Waals surface area contributed by atoms with E-state index in [1.165, 1.54) is 6.20 Å². The maximum absolute atomic E-state index is 10.8. The molecule has 0 saturated carbocycles. The van der Waals surface area contributed by atoms with Gasteiger partial charge in [-0.2, -0.15) is 0 Å². The minimum absolute atomic E-state index is 0.198. The van der Waals surface area contributed by atoms with Gasteiger partial charge in [0.05, 0.1) is 17.1 Å². The Morgan fingerprint density at radius 1 is 1.05 bits per heavy atom. The highest BCUT2D eigenvalue weighted by Crippen LogP contribution is 2.30. The van der Waals surface area contributed by atoms with Crippen molar-refractivity contribution in [2.75, 3.05) is 0 Å². The van der Waals surface area contributed by atoms with E-state index in [2.05, 4.69) is 4.98 Å². The molecule has 2 rings (SSSR count). The topological polar surface area (TPSA) is 50.2 Å². The van der Waals surface area contributed by atoms with Gasteiger partial charge < -0.3 is 5.11 Å². The van der Waals surface area contributed by atoms with Gasteiger partial charge in [0.15, 0.2) is 0 Å². The van der Waals surface area contributed by atoms with E-state index in [-0.39, 0.29) is 6.42 Å². The Morgan fingerprint density at radius 2 is 1.68 bits per heavy atom. The number of pyridine rings is 1. The van der Waals surface area contributed by atoms with Crippen molar-refractivity contribution in [1.82, 2.24) is 4.98 Å². The number of nitrogens with zero attached hydrogens (tertiary/aromatic N) is 1. The fourth-order valence-corrected chi connectivity index (χ4v) is 2.39. The molecule has 0 amide bonds. The summed E-state index contributed by atoms with van der Waals surface area (Å²) >= 11 is 17.8. The zero-order valence-electron chi connectivity index (χ0n) is 9.53. The van der Waals surface area contributed by atoms with Crippen molar-refractivity contribution in [2.24, 2.45) is 0 Å². The SMILES string of the molecule is O=C(O)Cc1ncc(Cl)cc1-c1cc(Cl)cc(Cl)c1. The molecule has 0 bridgehead atoms. The molecule has 1 N–H and O–H groups in total. The van der Waals surface area contributed by atoms with E-state index in [4.69, 9.17) is 39.9 Å². The predicted molar refractivity (Wildman–Crippen MR) is 76.0 cm³/mol. The zero-order chi connectivity index (χ0) is 14.0. The van der Waals surface area contributed by atoms with E-state index in [0.717, 1.165) is 0 Å². The Morgan fingerprint density at radius 3 is 2.26 bits per heavy atom. The fraction of sp³-hybridized carbons (Fsp3) is 0.0769. The van der Waals surface area contributed by atoms with Gasteiger partial charge in [0.2, 0.25) is 0 Å². The van der Waals surface area contributed by atoms with Gasteiger partial charge in [-0.1, -0.05) is 34.8 Å². The van der Waals surface area contributed by atoms with Gasteiger partial charge in [0.25, 0.3) is 0 Å². The molecule has 6 heteroatoms. The summed E-state index contributed by atoms with van der Waals surface area (Å²) in [5.74, 6) is -0.968. The summed E-state index contributed by atoms with van der Waals surface area (Å²) in [6.07, 6.45) is 1.21. The first kappa shape index (κ1) is 14.1. The molecule has 1 heterocycles. The van der Waals surface area contributed by atoms with Crippen molar-refractivity contribution in [3.63, 3.8) is 0 Å². The summed E-state index contributed by atoms with van der Waals surface area (Å²) in [6.45, 7) is 0. The van der Waals surface area contributed by atoms with Crippen LogP contribution in [0.2, 0.25) is 15.1 Å². The molecule has 2 aromatic rings. The van der Waals surface area contributed by atoms with Crippen LogP contribution in [0.25, 0.3) is 11.1 Å². The van der Waals surface area contributed by atoms with Gasteiger partial charge in [0, 0.05) is 21.8 Å². The average Bonchev–Trinajstić information content (AvgIpc) is 2.29. The van der Waals surface area contributed by atoms with Gasteiger partial charge in [-0.15, -0.1) is 0 Å². The second kappa shape index (κ2) is 5.78. The lowest BCUT2D eigenvalue weighted by Crippen LogP contribution is -2.04. The molecular formula is C13H8Cl3NO2. The molecule has 0 saturated heterocycles. The van der Waals surface area contributed by atoms with Crippen molar-refractivity contribution in [3.05, 3.63) is 51.2 Å². The number of halogens is 3. The number of carbonyl (C=O) groups is 1.